The molecule has 0 bridgehead atoms. The van der Waals surface area contributed by atoms with E-state index in [2.05, 4.69) is 39.3 Å². The Kier molecular flexibility index (Phi) is 8.12. The van der Waals surface area contributed by atoms with Crippen molar-refractivity contribution in [3.05, 3.63) is 72.1 Å². The number of anilines is 2. The predicted octanol–water partition coefficient (Wildman–Crippen LogP) is 4.66. The molecule has 0 aliphatic carbocycles. The van der Waals surface area contributed by atoms with Gasteiger partial charge in [-0.2, -0.15) is 0 Å². The molecule has 0 spiro atoms. The Morgan fingerprint density at radius 3 is 2.48 bits per heavy atom. The first kappa shape index (κ1) is 22.4. The molecular weight excluding hydrogens is 386 g/mol. The van der Waals surface area contributed by atoms with Crippen molar-refractivity contribution < 1.29 is 4.79 Å². The normalized spacial score (nSPS) is 10.8. The Labute approximate surface area is 184 Å². The van der Waals surface area contributed by atoms with Gasteiger partial charge in [-0.3, -0.25) is 4.79 Å². The van der Waals surface area contributed by atoms with Crippen molar-refractivity contribution in [3.63, 3.8) is 0 Å². The van der Waals surface area contributed by atoms with Gasteiger partial charge >= 0.3 is 0 Å². The first-order valence-corrected chi connectivity index (χ1v) is 10.9. The van der Waals surface area contributed by atoms with Gasteiger partial charge in [0.05, 0.1) is 5.69 Å². The van der Waals surface area contributed by atoms with Gasteiger partial charge in [0.15, 0.2) is 0 Å². The zero-order chi connectivity index (χ0) is 22.1. The molecule has 1 aromatic heterocycles. The highest BCUT2D eigenvalue weighted by Crippen LogP contribution is 2.22. The summed E-state index contributed by atoms with van der Waals surface area (Å²) in [7, 11) is 0. The van der Waals surface area contributed by atoms with E-state index < -0.39 is 0 Å². The first-order chi connectivity index (χ1) is 15.1. The molecule has 2 aromatic carbocycles. The quantitative estimate of drug-likeness (QED) is 0.470. The minimum absolute atomic E-state index is 0.0629. The van der Waals surface area contributed by atoms with Crippen molar-refractivity contribution in [2.75, 3.05) is 31.5 Å². The third-order valence-electron chi connectivity index (χ3n) is 5.14. The van der Waals surface area contributed by atoms with Crippen LogP contribution in [0.1, 0.15) is 36.5 Å². The summed E-state index contributed by atoms with van der Waals surface area (Å²) >= 11 is 0. The van der Waals surface area contributed by atoms with Gasteiger partial charge in [-0.25, -0.2) is 9.97 Å². The number of carbonyl (C=O) groups excluding carboxylic acids is 1. The highest BCUT2D eigenvalue weighted by Gasteiger charge is 2.08. The smallest absolute Gasteiger partial charge is 0.251 e. The molecule has 0 fully saturated rings. The first-order valence-electron chi connectivity index (χ1n) is 10.9. The largest absolute Gasteiger partial charge is 0.352 e. The molecule has 0 unspecified atom stereocenters. The summed E-state index contributed by atoms with van der Waals surface area (Å²) in [4.78, 5) is 23.9. The number of hydrogen-bond donors (Lipinski definition) is 2. The molecule has 6 heteroatoms. The topological polar surface area (TPSA) is 70.2 Å². The number of rotatable bonds is 10. The minimum atomic E-state index is -0.0629. The number of nitrogens with zero attached hydrogens (tertiary/aromatic N) is 3. The van der Waals surface area contributed by atoms with Crippen LogP contribution >= 0.6 is 0 Å². The zero-order valence-electron chi connectivity index (χ0n) is 18.6. The minimum Gasteiger partial charge on any atom is -0.352 e. The standard InChI is InChI=1S/C25H31N5O/c1-4-30(5-2)16-10-15-26-25(31)21-13-9-14-22(17-21)29-24-18-23(27-19(3)28-24)20-11-7-6-8-12-20/h6-9,11-14,17-18H,4-5,10,15-16H2,1-3H3,(H,26,31)(H,27,28,29). The van der Waals surface area contributed by atoms with Crippen molar-refractivity contribution in [2.45, 2.75) is 27.2 Å². The van der Waals surface area contributed by atoms with E-state index in [4.69, 9.17) is 0 Å². The number of hydrogen-bond acceptors (Lipinski definition) is 5. The van der Waals surface area contributed by atoms with Gasteiger partial charge in [0, 0.05) is 29.4 Å². The van der Waals surface area contributed by atoms with E-state index in [1.54, 1.807) is 0 Å². The molecule has 0 aliphatic rings. The summed E-state index contributed by atoms with van der Waals surface area (Å²) in [6.45, 7) is 9.91. The highest BCUT2D eigenvalue weighted by atomic mass is 16.1. The van der Waals surface area contributed by atoms with Crippen molar-refractivity contribution in [1.29, 1.82) is 0 Å². The number of aryl methyl sites for hydroxylation is 1. The molecule has 1 amide bonds. The predicted molar refractivity (Wildman–Crippen MR) is 127 cm³/mol. The van der Waals surface area contributed by atoms with Gasteiger partial charge < -0.3 is 15.5 Å². The molecule has 3 rings (SSSR count). The average Bonchev–Trinajstić information content (AvgIpc) is 2.79. The monoisotopic (exact) mass is 417 g/mol. The van der Waals surface area contributed by atoms with Crippen LogP contribution in [0.25, 0.3) is 11.3 Å². The number of amides is 1. The fourth-order valence-electron chi connectivity index (χ4n) is 3.42. The van der Waals surface area contributed by atoms with Gasteiger partial charge in [0.2, 0.25) is 0 Å². The molecule has 3 aromatic rings. The molecule has 2 N–H and O–H groups in total. The molecule has 6 nitrogen and oxygen atoms in total. The second-order valence-electron chi connectivity index (χ2n) is 7.39. The second kappa shape index (κ2) is 11.2. The third kappa shape index (κ3) is 6.62. The molecule has 0 atom stereocenters. The number of aromatic nitrogens is 2. The highest BCUT2D eigenvalue weighted by molar-refractivity contribution is 5.95. The fraction of sp³-hybridized carbons (Fsp3) is 0.320. The van der Waals surface area contributed by atoms with Crippen LogP contribution in [-0.2, 0) is 0 Å². The molecule has 0 saturated carbocycles. The van der Waals surface area contributed by atoms with Crippen LogP contribution in [0.15, 0.2) is 60.7 Å². The molecular formula is C25H31N5O. The second-order valence-corrected chi connectivity index (χ2v) is 7.39. The van der Waals surface area contributed by atoms with E-state index in [1.807, 2.05) is 67.6 Å². The Hall–Kier alpha value is -3.25. The molecule has 0 aliphatic heterocycles. The summed E-state index contributed by atoms with van der Waals surface area (Å²) in [6.07, 6.45) is 0.938. The summed E-state index contributed by atoms with van der Waals surface area (Å²) in [5.41, 5.74) is 3.33. The lowest BCUT2D eigenvalue weighted by atomic mass is 10.1. The summed E-state index contributed by atoms with van der Waals surface area (Å²) in [6, 6.07) is 19.4. The number of benzene rings is 2. The lowest BCUT2D eigenvalue weighted by Gasteiger charge is -2.17. The van der Waals surface area contributed by atoms with Crippen LogP contribution in [-0.4, -0.2) is 47.0 Å². The lowest BCUT2D eigenvalue weighted by Crippen LogP contribution is -2.29. The molecule has 1 heterocycles. The van der Waals surface area contributed by atoms with Gasteiger partial charge in [-0.05, 0) is 51.2 Å². The van der Waals surface area contributed by atoms with Crippen molar-refractivity contribution in [3.8, 4) is 11.3 Å². The summed E-state index contributed by atoms with van der Waals surface area (Å²) < 4.78 is 0. The Balaban J connectivity index is 1.64. The Bertz CT molecular complexity index is 986. The van der Waals surface area contributed by atoms with E-state index >= 15 is 0 Å². The maximum absolute atomic E-state index is 12.5. The van der Waals surface area contributed by atoms with Crippen LogP contribution in [0.5, 0.6) is 0 Å². The van der Waals surface area contributed by atoms with E-state index in [1.165, 1.54) is 0 Å². The fourth-order valence-corrected chi connectivity index (χ4v) is 3.42. The number of nitrogens with one attached hydrogen (secondary N) is 2. The molecule has 31 heavy (non-hydrogen) atoms. The Morgan fingerprint density at radius 1 is 0.968 bits per heavy atom. The zero-order valence-corrected chi connectivity index (χ0v) is 18.6. The van der Waals surface area contributed by atoms with Gasteiger partial charge in [0.25, 0.3) is 5.91 Å². The maximum Gasteiger partial charge on any atom is 0.251 e. The number of carbonyl (C=O) groups is 1. The average molecular weight is 418 g/mol. The van der Waals surface area contributed by atoms with Crippen LogP contribution < -0.4 is 10.6 Å². The Morgan fingerprint density at radius 2 is 1.74 bits per heavy atom. The van der Waals surface area contributed by atoms with Crippen molar-refractivity contribution in [1.82, 2.24) is 20.2 Å². The van der Waals surface area contributed by atoms with E-state index in [9.17, 15) is 4.79 Å². The summed E-state index contributed by atoms with van der Waals surface area (Å²) in [5, 5.41) is 6.32. The van der Waals surface area contributed by atoms with E-state index in [0.717, 1.165) is 43.0 Å². The van der Waals surface area contributed by atoms with E-state index in [-0.39, 0.29) is 5.91 Å². The van der Waals surface area contributed by atoms with Gasteiger partial charge in [-0.1, -0.05) is 50.2 Å². The van der Waals surface area contributed by atoms with Crippen LogP contribution in [0, 0.1) is 6.92 Å². The van der Waals surface area contributed by atoms with Crippen molar-refractivity contribution in [2.24, 2.45) is 0 Å². The molecule has 0 radical (unpaired) electrons. The summed E-state index contributed by atoms with van der Waals surface area (Å²) in [5.74, 6) is 1.32. The SMILES string of the molecule is CCN(CC)CCCNC(=O)c1cccc(Nc2cc(-c3ccccc3)nc(C)n2)c1. The van der Waals surface area contributed by atoms with Gasteiger partial charge in [-0.15, -0.1) is 0 Å². The van der Waals surface area contributed by atoms with Crippen LogP contribution in [0.3, 0.4) is 0 Å². The molecule has 0 saturated heterocycles. The van der Waals surface area contributed by atoms with Crippen molar-refractivity contribution >= 4 is 17.4 Å². The molecule has 162 valence electrons. The van der Waals surface area contributed by atoms with Crippen LogP contribution in [0.2, 0.25) is 0 Å². The lowest BCUT2D eigenvalue weighted by molar-refractivity contribution is 0.0952. The maximum atomic E-state index is 12.5. The van der Waals surface area contributed by atoms with E-state index in [0.29, 0.717) is 23.8 Å². The third-order valence-corrected chi connectivity index (χ3v) is 5.14. The van der Waals surface area contributed by atoms with Gasteiger partial charge in [0.1, 0.15) is 11.6 Å². The van der Waals surface area contributed by atoms with Crippen LogP contribution in [0.4, 0.5) is 11.5 Å².